The van der Waals surface area contributed by atoms with Gasteiger partial charge in [0, 0.05) is 17.7 Å². The lowest BCUT2D eigenvalue weighted by atomic mass is 10.0. The summed E-state index contributed by atoms with van der Waals surface area (Å²) in [5.41, 5.74) is 1.42. The number of methoxy groups -OCH3 is 1. The van der Waals surface area contributed by atoms with E-state index in [9.17, 15) is 8.78 Å². The third kappa shape index (κ3) is 3.58. The summed E-state index contributed by atoms with van der Waals surface area (Å²) >= 11 is 0. The number of rotatable bonds is 6. The van der Waals surface area contributed by atoms with Gasteiger partial charge in [0.1, 0.15) is 5.82 Å². The first-order chi connectivity index (χ1) is 10.2. The highest BCUT2D eigenvalue weighted by Gasteiger charge is 2.12. The minimum absolute atomic E-state index is 0.154. The Hall–Kier alpha value is -1.94. The van der Waals surface area contributed by atoms with Gasteiger partial charge >= 0.3 is 0 Å². The molecule has 0 atom stereocenters. The number of hydrogen-bond acceptors (Lipinski definition) is 2. The van der Waals surface area contributed by atoms with Gasteiger partial charge in [0.05, 0.1) is 7.11 Å². The average Bonchev–Trinajstić information content (AvgIpc) is 2.49. The minimum atomic E-state index is -0.476. The molecule has 0 spiro atoms. The molecule has 0 aliphatic rings. The topological polar surface area (TPSA) is 21.3 Å². The van der Waals surface area contributed by atoms with E-state index in [1.807, 2.05) is 0 Å². The Balaban J connectivity index is 2.28. The maximum Gasteiger partial charge on any atom is 0.172 e. The molecule has 0 heterocycles. The van der Waals surface area contributed by atoms with Crippen LogP contribution in [0.1, 0.15) is 18.9 Å². The molecular formula is C17H19F2NO. The van der Waals surface area contributed by atoms with Crippen LogP contribution in [0.5, 0.6) is 5.75 Å². The van der Waals surface area contributed by atoms with Crippen LogP contribution in [0.15, 0.2) is 36.4 Å². The lowest BCUT2D eigenvalue weighted by molar-refractivity contribution is 0.387. The number of benzene rings is 2. The van der Waals surface area contributed by atoms with Crippen LogP contribution in [0, 0.1) is 11.6 Å². The highest BCUT2D eigenvalue weighted by atomic mass is 19.1. The predicted molar refractivity (Wildman–Crippen MR) is 80.3 cm³/mol. The average molecular weight is 291 g/mol. The normalized spacial score (nSPS) is 10.7. The van der Waals surface area contributed by atoms with Crippen LogP contribution in [-0.4, -0.2) is 13.7 Å². The second-order valence-electron chi connectivity index (χ2n) is 4.80. The first-order valence-corrected chi connectivity index (χ1v) is 6.99. The fourth-order valence-electron chi connectivity index (χ4n) is 2.15. The van der Waals surface area contributed by atoms with Crippen LogP contribution in [-0.2, 0) is 6.54 Å². The first-order valence-electron chi connectivity index (χ1n) is 6.99. The molecule has 21 heavy (non-hydrogen) atoms. The summed E-state index contributed by atoms with van der Waals surface area (Å²) in [6.45, 7) is 3.37. The summed E-state index contributed by atoms with van der Waals surface area (Å²) in [5.74, 6) is -0.656. The first kappa shape index (κ1) is 15.4. The van der Waals surface area contributed by atoms with Crippen molar-refractivity contribution >= 4 is 0 Å². The molecule has 0 saturated carbocycles. The van der Waals surface area contributed by atoms with Gasteiger partial charge in [0.15, 0.2) is 11.6 Å². The Bertz CT molecular complexity index is 614. The van der Waals surface area contributed by atoms with Crippen LogP contribution >= 0.6 is 0 Å². The zero-order chi connectivity index (χ0) is 15.2. The summed E-state index contributed by atoms with van der Waals surface area (Å²) in [4.78, 5) is 0. The standard InChI is InChI=1S/C17H19F2NO/c1-3-9-20-11-13-8-7-12(10-15(13)18)14-5-4-6-16(21-2)17(14)19/h4-8,10,20H,3,9,11H2,1-2H3. The summed E-state index contributed by atoms with van der Waals surface area (Å²) in [6, 6.07) is 9.61. The van der Waals surface area contributed by atoms with Crippen molar-refractivity contribution in [2.75, 3.05) is 13.7 Å². The molecule has 112 valence electrons. The minimum Gasteiger partial charge on any atom is -0.494 e. The van der Waals surface area contributed by atoms with Gasteiger partial charge in [-0.2, -0.15) is 0 Å². The zero-order valence-corrected chi connectivity index (χ0v) is 12.2. The molecule has 0 aliphatic heterocycles. The van der Waals surface area contributed by atoms with E-state index < -0.39 is 5.82 Å². The van der Waals surface area contributed by atoms with Crippen molar-refractivity contribution < 1.29 is 13.5 Å². The Morgan fingerprint density at radius 1 is 1.14 bits per heavy atom. The molecular weight excluding hydrogens is 272 g/mol. The van der Waals surface area contributed by atoms with E-state index in [1.54, 1.807) is 24.3 Å². The van der Waals surface area contributed by atoms with Crippen molar-refractivity contribution in [2.24, 2.45) is 0 Å². The molecule has 2 rings (SSSR count). The molecule has 0 aliphatic carbocycles. The Morgan fingerprint density at radius 3 is 2.62 bits per heavy atom. The third-order valence-corrected chi connectivity index (χ3v) is 3.29. The van der Waals surface area contributed by atoms with E-state index in [0.29, 0.717) is 23.2 Å². The maximum absolute atomic E-state index is 14.2. The fourth-order valence-corrected chi connectivity index (χ4v) is 2.15. The molecule has 2 aromatic carbocycles. The molecule has 0 bridgehead atoms. The summed E-state index contributed by atoms with van der Waals surface area (Å²) < 4.78 is 33.2. The Labute approximate surface area is 123 Å². The van der Waals surface area contributed by atoms with Crippen LogP contribution in [0.2, 0.25) is 0 Å². The molecule has 0 radical (unpaired) electrons. The second kappa shape index (κ2) is 7.18. The molecule has 0 fully saturated rings. The number of ether oxygens (including phenoxy) is 1. The van der Waals surface area contributed by atoms with E-state index in [4.69, 9.17) is 4.74 Å². The highest BCUT2D eigenvalue weighted by molar-refractivity contribution is 5.66. The van der Waals surface area contributed by atoms with E-state index in [-0.39, 0.29) is 11.6 Å². The molecule has 2 nitrogen and oxygen atoms in total. The van der Waals surface area contributed by atoms with E-state index in [2.05, 4.69) is 12.2 Å². The van der Waals surface area contributed by atoms with Gasteiger partial charge in [0.2, 0.25) is 0 Å². The van der Waals surface area contributed by atoms with Crippen molar-refractivity contribution in [1.82, 2.24) is 5.32 Å². The molecule has 0 amide bonds. The number of nitrogens with one attached hydrogen (secondary N) is 1. The van der Waals surface area contributed by atoms with Crippen LogP contribution in [0.4, 0.5) is 8.78 Å². The molecule has 0 saturated heterocycles. The van der Waals surface area contributed by atoms with Crippen molar-refractivity contribution in [3.05, 3.63) is 53.6 Å². The van der Waals surface area contributed by atoms with E-state index in [1.165, 1.54) is 19.2 Å². The lowest BCUT2D eigenvalue weighted by Gasteiger charge is -2.10. The van der Waals surface area contributed by atoms with Gasteiger partial charge < -0.3 is 10.1 Å². The van der Waals surface area contributed by atoms with Gasteiger partial charge in [-0.1, -0.05) is 31.2 Å². The van der Waals surface area contributed by atoms with Gasteiger partial charge in [-0.3, -0.25) is 0 Å². The number of halogens is 2. The van der Waals surface area contributed by atoms with Crippen molar-refractivity contribution in [1.29, 1.82) is 0 Å². The fraction of sp³-hybridized carbons (Fsp3) is 0.294. The second-order valence-corrected chi connectivity index (χ2v) is 4.80. The molecule has 0 unspecified atom stereocenters. The largest absolute Gasteiger partial charge is 0.494 e. The Kier molecular flexibility index (Phi) is 5.28. The van der Waals surface area contributed by atoms with Gasteiger partial charge in [0.25, 0.3) is 0 Å². The maximum atomic E-state index is 14.2. The predicted octanol–water partition coefficient (Wildman–Crippen LogP) is 4.14. The van der Waals surface area contributed by atoms with E-state index in [0.717, 1.165) is 13.0 Å². The third-order valence-electron chi connectivity index (χ3n) is 3.29. The Morgan fingerprint density at radius 2 is 1.95 bits per heavy atom. The van der Waals surface area contributed by atoms with Gasteiger partial charge in [-0.25, -0.2) is 8.78 Å². The molecule has 1 N–H and O–H groups in total. The van der Waals surface area contributed by atoms with Crippen LogP contribution in [0.25, 0.3) is 11.1 Å². The van der Waals surface area contributed by atoms with E-state index >= 15 is 0 Å². The quantitative estimate of drug-likeness (QED) is 0.808. The summed E-state index contributed by atoms with van der Waals surface area (Å²) in [5, 5.41) is 3.15. The van der Waals surface area contributed by atoms with Crippen molar-refractivity contribution in [2.45, 2.75) is 19.9 Å². The monoisotopic (exact) mass is 291 g/mol. The van der Waals surface area contributed by atoms with Gasteiger partial charge in [-0.15, -0.1) is 0 Å². The molecule has 0 aromatic heterocycles. The van der Waals surface area contributed by atoms with Crippen LogP contribution < -0.4 is 10.1 Å². The highest BCUT2D eigenvalue weighted by Crippen LogP contribution is 2.29. The summed E-state index contributed by atoms with van der Waals surface area (Å²) in [6.07, 6.45) is 0.995. The SMILES string of the molecule is CCCNCc1ccc(-c2cccc(OC)c2F)cc1F. The number of hydrogen-bond donors (Lipinski definition) is 1. The van der Waals surface area contributed by atoms with Crippen LogP contribution in [0.3, 0.4) is 0 Å². The van der Waals surface area contributed by atoms with Gasteiger partial charge in [-0.05, 0) is 30.7 Å². The summed E-state index contributed by atoms with van der Waals surface area (Å²) in [7, 11) is 1.41. The smallest absolute Gasteiger partial charge is 0.172 e. The van der Waals surface area contributed by atoms with Crippen molar-refractivity contribution in [3.8, 4) is 16.9 Å². The lowest BCUT2D eigenvalue weighted by Crippen LogP contribution is -2.14. The molecule has 2 aromatic rings. The zero-order valence-electron chi connectivity index (χ0n) is 12.2. The molecule has 4 heteroatoms. The van der Waals surface area contributed by atoms with Crippen molar-refractivity contribution in [3.63, 3.8) is 0 Å².